The molecule has 6 nitrogen and oxygen atoms in total. The molecule has 2 aromatic carbocycles. The molecule has 0 saturated heterocycles. The molecule has 0 heterocycles. The highest BCUT2D eigenvalue weighted by atomic mass is 16.5. The van der Waals surface area contributed by atoms with Gasteiger partial charge < -0.3 is 25.3 Å². The number of anilines is 2. The summed E-state index contributed by atoms with van der Waals surface area (Å²) in [6.07, 6.45) is 0.202. The summed E-state index contributed by atoms with van der Waals surface area (Å²) in [5.41, 5.74) is 7.66. The molecule has 0 atom stereocenters. The first-order valence-corrected chi connectivity index (χ1v) is 7.01. The third-order valence-electron chi connectivity index (χ3n) is 3.31. The van der Waals surface area contributed by atoms with E-state index in [0.717, 1.165) is 5.56 Å². The Labute approximate surface area is 135 Å². The van der Waals surface area contributed by atoms with Gasteiger partial charge >= 0.3 is 0 Å². The summed E-state index contributed by atoms with van der Waals surface area (Å²) in [6.45, 7) is 0. The lowest BCUT2D eigenvalue weighted by atomic mass is 10.1. The quantitative estimate of drug-likeness (QED) is 0.800. The molecule has 23 heavy (non-hydrogen) atoms. The number of nitrogens with one attached hydrogen (secondary N) is 1. The number of carbonyl (C=O) groups is 1. The molecule has 0 aromatic heterocycles. The van der Waals surface area contributed by atoms with Crippen LogP contribution in [0.25, 0.3) is 0 Å². The number of nitrogens with two attached hydrogens (primary N) is 1. The van der Waals surface area contributed by atoms with E-state index in [0.29, 0.717) is 28.6 Å². The van der Waals surface area contributed by atoms with E-state index in [9.17, 15) is 4.79 Å². The molecule has 0 bridgehead atoms. The maximum Gasteiger partial charge on any atom is 0.228 e. The van der Waals surface area contributed by atoms with Crippen molar-refractivity contribution < 1.29 is 19.0 Å². The average Bonchev–Trinajstić information content (AvgIpc) is 2.56. The van der Waals surface area contributed by atoms with E-state index in [2.05, 4.69) is 5.32 Å². The van der Waals surface area contributed by atoms with Crippen LogP contribution in [0, 0.1) is 0 Å². The van der Waals surface area contributed by atoms with Crippen molar-refractivity contribution in [2.24, 2.45) is 0 Å². The zero-order valence-electron chi connectivity index (χ0n) is 13.4. The van der Waals surface area contributed by atoms with Crippen LogP contribution in [0.1, 0.15) is 5.56 Å². The fourth-order valence-electron chi connectivity index (χ4n) is 2.18. The average molecular weight is 316 g/mol. The Bertz CT molecular complexity index is 701. The number of methoxy groups -OCH3 is 3. The number of nitrogen functional groups attached to an aromatic ring is 1. The monoisotopic (exact) mass is 316 g/mol. The maximum absolute atomic E-state index is 12.2. The van der Waals surface area contributed by atoms with Crippen LogP contribution in [0.2, 0.25) is 0 Å². The van der Waals surface area contributed by atoms with Gasteiger partial charge in [0.05, 0.1) is 33.4 Å². The zero-order valence-corrected chi connectivity index (χ0v) is 13.4. The molecule has 0 unspecified atom stereocenters. The van der Waals surface area contributed by atoms with Gasteiger partial charge in [-0.1, -0.05) is 6.07 Å². The van der Waals surface area contributed by atoms with Gasteiger partial charge in [0.1, 0.15) is 5.75 Å². The number of amides is 1. The number of hydrogen-bond acceptors (Lipinski definition) is 5. The number of carbonyl (C=O) groups excluding carboxylic acids is 1. The lowest BCUT2D eigenvalue weighted by Gasteiger charge is -2.12. The third kappa shape index (κ3) is 4.06. The SMILES string of the molecule is COc1cc(N)ccc1NC(=O)Cc1ccc(OC)c(OC)c1. The predicted octanol–water partition coefficient (Wildman–Crippen LogP) is 2.48. The molecule has 0 radical (unpaired) electrons. The second kappa shape index (κ2) is 7.40. The summed E-state index contributed by atoms with van der Waals surface area (Å²) in [7, 11) is 4.65. The fourth-order valence-corrected chi connectivity index (χ4v) is 2.18. The molecular formula is C17H20N2O4. The third-order valence-corrected chi connectivity index (χ3v) is 3.31. The van der Waals surface area contributed by atoms with Crippen LogP contribution < -0.4 is 25.3 Å². The van der Waals surface area contributed by atoms with Gasteiger partial charge in [-0.25, -0.2) is 0 Å². The summed E-state index contributed by atoms with van der Waals surface area (Å²) in [5.74, 6) is 1.56. The van der Waals surface area contributed by atoms with E-state index in [1.807, 2.05) is 6.07 Å². The molecule has 2 rings (SSSR count). The van der Waals surface area contributed by atoms with E-state index in [1.54, 1.807) is 44.6 Å². The summed E-state index contributed by atoms with van der Waals surface area (Å²) in [6, 6.07) is 10.4. The van der Waals surface area contributed by atoms with Crippen molar-refractivity contribution in [3.63, 3.8) is 0 Å². The minimum Gasteiger partial charge on any atom is -0.494 e. The summed E-state index contributed by atoms with van der Waals surface area (Å²) < 4.78 is 15.6. The smallest absolute Gasteiger partial charge is 0.228 e. The van der Waals surface area contributed by atoms with Gasteiger partial charge in [-0.05, 0) is 29.8 Å². The number of ether oxygens (including phenoxy) is 3. The standard InChI is InChI=1S/C17H20N2O4/c1-21-14-7-4-11(8-16(14)23-3)9-17(20)19-13-6-5-12(18)10-15(13)22-2/h4-8,10H,9,18H2,1-3H3,(H,19,20). The van der Waals surface area contributed by atoms with Crippen molar-refractivity contribution in [1.29, 1.82) is 0 Å². The first-order valence-electron chi connectivity index (χ1n) is 7.01. The Morgan fingerprint density at radius 2 is 1.65 bits per heavy atom. The molecule has 122 valence electrons. The Hall–Kier alpha value is -2.89. The molecule has 1 amide bonds. The van der Waals surface area contributed by atoms with Gasteiger partial charge in [-0.3, -0.25) is 4.79 Å². The van der Waals surface area contributed by atoms with Gasteiger partial charge in [-0.15, -0.1) is 0 Å². The van der Waals surface area contributed by atoms with E-state index in [-0.39, 0.29) is 12.3 Å². The normalized spacial score (nSPS) is 10.0. The number of benzene rings is 2. The first-order chi connectivity index (χ1) is 11.1. The van der Waals surface area contributed by atoms with E-state index < -0.39 is 0 Å². The van der Waals surface area contributed by atoms with Crippen LogP contribution in [0.3, 0.4) is 0 Å². The second-order valence-corrected chi connectivity index (χ2v) is 4.87. The Morgan fingerprint density at radius 1 is 0.957 bits per heavy atom. The second-order valence-electron chi connectivity index (χ2n) is 4.87. The number of rotatable bonds is 6. The van der Waals surface area contributed by atoms with Crippen molar-refractivity contribution in [1.82, 2.24) is 0 Å². The zero-order chi connectivity index (χ0) is 16.8. The summed E-state index contributed by atoms with van der Waals surface area (Å²) in [4.78, 5) is 12.2. The number of hydrogen-bond donors (Lipinski definition) is 2. The van der Waals surface area contributed by atoms with Gasteiger partial charge in [0, 0.05) is 11.8 Å². The van der Waals surface area contributed by atoms with E-state index in [4.69, 9.17) is 19.9 Å². The van der Waals surface area contributed by atoms with Crippen LogP contribution in [-0.4, -0.2) is 27.2 Å². The van der Waals surface area contributed by atoms with Crippen LogP contribution in [0.5, 0.6) is 17.2 Å². The molecular weight excluding hydrogens is 296 g/mol. The minimum absolute atomic E-state index is 0.166. The maximum atomic E-state index is 12.2. The van der Waals surface area contributed by atoms with Crippen molar-refractivity contribution >= 4 is 17.3 Å². The van der Waals surface area contributed by atoms with Gasteiger partial charge in [-0.2, -0.15) is 0 Å². The van der Waals surface area contributed by atoms with Crippen molar-refractivity contribution in [2.75, 3.05) is 32.4 Å². The Kier molecular flexibility index (Phi) is 5.30. The molecule has 0 aliphatic rings. The van der Waals surface area contributed by atoms with Gasteiger partial charge in [0.25, 0.3) is 0 Å². The molecule has 6 heteroatoms. The highest BCUT2D eigenvalue weighted by molar-refractivity contribution is 5.94. The Balaban J connectivity index is 2.11. The minimum atomic E-state index is -0.166. The molecule has 0 aliphatic carbocycles. The van der Waals surface area contributed by atoms with Crippen LogP contribution >= 0.6 is 0 Å². The van der Waals surface area contributed by atoms with Gasteiger partial charge in [0.15, 0.2) is 11.5 Å². The van der Waals surface area contributed by atoms with E-state index in [1.165, 1.54) is 7.11 Å². The first kappa shape index (κ1) is 16.5. The van der Waals surface area contributed by atoms with E-state index >= 15 is 0 Å². The molecule has 2 aromatic rings. The predicted molar refractivity (Wildman–Crippen MR) is 89.3 cm³/mol. The van der Waals surface area contributed by atoms with Gasteiger partial charge in [0.2, 0.25) is 5.91 Å². The largest absolute Gasteiger partial charge is 0.494 e. The van der Waals surface area contributed by atoms with Crippen molar-refractivity contribution in [3.8, 4) is 17.2 Å². The molecule has 0 spiro atoms. The molecule has 3 N–H and O–H groups in total. The van der Waals surface area contributed by atoms with Crippen LogP contribution in [-0.2, 0) is 11.2 Å². The highest BCUT2D eigenvalue weighted by Crippen LogP contribution is 2.29. The Morgan fingerprint density at radius 3 is 2.30 bits per heavy atom. The van der Waals surface area contributed by atoms with Crippen LogP contribution in [0.4, 0.5) is 11.4 Å². The topological polar surface area (TPSA) is 82.8 Å². The summed E-state index contributed by atoms with van der Waals surface area (Å²) >= 11 is 0. The molecule has 0 aliphatic heterocycles. The molecule has 0 fully saturated rings. The highest BCUT2D eigenvalue weighted by Gasteiger charge is 2.11. The lowest BCUT2D eigenvalue weighted by Crippen LogP contribution is -2.15. The molecule has 0 saturated carbocycles. The fraction of sp³-hybridized carbons (Fsp3) is 0.235. The summed E-state index contributed by atoms with van der Waals surface area (Å²) in [5, 5.41) is 2.81. The van der Waals surface area contributed by atoms with Crippen molar-refractivity contribution in [2.45, 2.75) is 6.42 Å². The lowest BCUT2D eigenvalue weighted by molar-refractivity contribution is -0.115. The van der Waals surface area contributed by atoms with Crippen molar-refractivity contribution in [3.05, 3.63) is 42.0 Å². The van der Waals surface area contributed by atoms with Crippen LogP contribution in [0.15, 0.2) is 36.4 Å².